The Morgan fingerprint density at radius 1 is 0.512 bits per heavy atom. The predicted octanol–water partition coefficient (Wildman–Crippen LogP) is 11.1. The molecule has 0 atom stereocenters. The van der Waals surface area contributed by atoms with E-state index in [0.717, 1.165) is 16.8 Å². The van der Waals surface area contributed by atoms with Gasteiger partial charge in [-0.1, -0.05) is 111 Å². The minimum atomic E-state index is -0.249. The van der Waals surface area contributed by atoms with E-state index in [1.165, 1.54) is 55.3 Å². The Hall–Kier alpha value is -4.95. The second-order valence-electron chi connectivity index (χ2n) is 11.5. The molecule has 0 heterocycles. The van der Waals surface area contributed by atoms with Crippen molar-refractivity contribution in [3.8, 4) is 11.1 Å². The topological polar surface area (TPSA) is 3.24 Å². The summed E-state index contributed by atoms with van der Waals surface area (Å²) in [6.45, 7) is 4.73. The van der Waals surface area contributed by atoms with E-state index < -0.39 is 0 Å². The summed E-state index contributed by atoms with van der Waals surface area (Å²) in [5, 5.41) is 7.61. The zero-order valence-corrected chi connectivity index (χ0v) is 23.0. The average Bonchev–Trinajstić information content (AvgIpc) is 3.26. The van der Waals surface area contributed by atoms with Crippen molar-refractivity contribution >= 4 is 49.4 Å². The van der Waals surface area contributed by atoms with Crippen molar-refractivity contribution in [1.29, 1.82) is 0 Å². The lowest BCUT2D eigenvalue weighted by atomic mass is 9.78. The van der Waals surface area contributed by atoms with E-state index in [2.05, 4.69) is 92.7 Å². The van der Waals surface area contributed by atoms with Gasteiger partial charge in [0.2, 0.25) is 0 Å². The molecule has 0 saturated heterocycles. The molecule has 0 bridgehead atoms. The number of hydrogen-bond acceptors (Lipinski definition) is 1. The van der Waals surface area contributed by atoms with Gasteiger partial charge in [-0.15, -0.1) is 0 Å². The fourth-order valence-electron chi connectivity index (χ4n) is 7.17. The molecule has 0 spiro atoms. The Morgan fingerprint density at radius 2 is 1.15 bits per heavy atom. The molecule has 41 heavy (non-hydrogen) atoms. The van der Waals surface area contributed by atoms with Gasteiger partial charge in [0.05, 0.1) is 5.69 Å². The van der Waals surface area contributed by atoms with E-state index in [1.54, 1.807) is 6.07 Å². The Labute approximate surface area is 239 Å². The zero-order chi connectivity index (χ0) is 27.7. The Balaban J connectivity index is 1.39. The zero-order valence-electron chi connectivity index (χ0n) is 23.0. The van der Waals surface area contributed by atoms with Crippen LogP contribution in [0.1, 0.15) is 25.0 Å². The number of fused-ring (bicyclic) bond motifs is 10. The minimum absolute atomic E-state index is 0.194. The van der Waals surface area contributed by atoms with Crippen LogP contribution in [0.15, 0.2) is 133 Å². The molecule has 0 amide bonds. The van der Waals surface area contributed by atoms with Crippen LogP contribution in [0.4, 0.5) is 21.5 Å². The Bertz CT molecular complexity index is 2140. The van der Waals surface area contributed by atoms with E-state index in [9.17, 15) is 0 Å². The van der Waals surface area contributed by atoms with Crippen molar-refractivity contribution in [3.63, 3.8) is 0 Å². The Kier molecular flexibility index (Phi) is 5.11. The van der Waals surface area contributed by atoms with Crippen LogP contribution >= 0.6 is 0 Å². The van der Waals surface area contributed by atoms with E-state index in [0.29, 0.717) is 5.69 Å². The van der Waals surface area contributed by atoms with Gasteiger partial charge in [0, 0.05) is 16.8 Å². The van der Waals surface area contributed by atoms with Crippen molar-refractivity contribution in [1.82, 2.24) is 0 Å². The first-order valence-electron chi connectivity index (χ1n) is 14.2. The first kappa shape index (κ1) is 23.9. The molecule has 1 aliphatic rings. The van der Waals surface area contributed by atoms with Gasteiger partial charge in [-0.3, -0.25) is 0 Å². The van der Waals surface area contributed by atoms with Gasteiger partial charge in [0.25, 0.3) is 0 Å². The number of para-hydroxylation sites is 2. The van der Waals surface area contributed by atoms with Crippen molar-refractivity contribution in [3.05, 3.63) is 150 Å². The molecule has 7 aromatic rings. The van der Waals surface area contributed by atoms with Crippen molar-refractivity contribution in [2.45, 2.75) is 19.3 Å². The molecule has 0 aliphatic heterocycles. The largest absolute Gasteiger partial charge is 0.308 e. The lowest BCUT2D eigenvalue weighted by Gasteiger charge is -2.27. The molecular weight excluding hydrogens is 501 g/mol. The monoisotopic (exact) mass is 529 g/mol. The normalized spacial score (nSPS) is 13.4. The number of hydrogen-bond donors (Lipinski definition) is 0. The van der Waals surface area contributed by atoms with Crippen LogP contribution in [-0.4, -0.2) is 0 Å². The quantitative estimate of drug-likeness (QED) is 0.206. The smallest absolute Gasteiger partial charge is 0.147 e. The summed E-state index contributed by atoms with van der Waals surface area (Å²) in [6.07, 6.45) is 0. The fourth-order valence-corrected chi connectivity index (χ4v) is 7.17. The molecule has 0 saturated carbocycles. The first-order valence-corrected chi connectivity index (χ1v) is 14.2. The molecule has 0 N–H and O–H groups in total. The van der Waals surface area contributed by atoms with Crippen molar-refractivity contribution in [2.75, 3.05) is 4.90 Å². The second-order valence-corrected chi connectivity index (χ2v) is 11.5. The van der Waals surface area contributed by atoms with Gasteiger partial charge in [0.1, 0.15) is 5.82 Å². The summed E-state index contributed by atoms with van der Waals surface area (Å²) in [5.74, 6) is -0.249. The SMILES string of the molecule is CC1(C)c2c(ccc3cc(N(c4ccccc4)c4ccccc4F)ccc23)-c2c1c1ccccc1c1ccccc21. The van der Waals surface area contributed by atoms with Crippen molar-refractivity contribution in [2.24, 2.45) is 0 Å². The highest BCUT2D eigenvalue weighted by Crippen LogP contribution is 2.56. The maximum atomic E-state index is 15.2. The average molecular weight is 530 g/mol. The lowest BCUT2D eigenvalue weighted by Crippen LogP contribution is -2.16. The minimum Gasteiger partial charge on any atom is -0.308 e. The number of benzene rings is 7. The summed E-state index contributed by atoms with van der Waals surface area (Å²) in [7, 11) is 0. The van der Waals surface area contributed by atoms with Gasteiger partial charge >= 0.3 is 0 Å². The van der Waals surface area contributed by atoms with Crippen LogP contribution in [0.25, 0.3) is 43.4 Å². The molecule has 0 radical (unpaired) electrons. The highest BCUT2D eigenvalue weighted by molar-refractivity contribution is 6.19. The molecule has 1 nitrogen and oxygen atoms in total. The highest BCUT2D eigenvalue weighted by atomic mass is 19.1. The van der Waals surface area contributed by atoms with E-state index in [-0.39, 0.29) is 11.2 Å². The molecule has 0 aromatic heterocycles. The lowest BCUT2D eigenvalue weighted by molar-refractivity contribution is 0.629. The van der Waals surface area contributed by atoms with Gasteiger partial charge in [0.15, 0.2) is 0 Å². The van der Waals surface area contributed by atoms with Crippen LogP contribution in [-0.2, 0) is 5.41 Å². The molecular formula is C39H28FN. The molecule has 196 valence electrons. The van der Waals surface area contributed by atoms with Crippen LogP contribution in [0.3, 0.4) is 0 Å². The second kappa shape index (κ2) is 8.78. The number of nitrogens with zero attached hydrogens (tertiary/aromatic N) is 1. The predicted molar refractivity (Wildman–Crippen MR) is 171 cm³/mol. The van der Waals surface area contributed by atoms with Gasteiger partial charge in [-0.2, -0.15) is 0 Å². The summed E-state index contributed by atoms with van der Waals surface area (Å²) in [5.41, 5.74) is 7.60. The summed E-state index contributed by atoms with van der Waals surface area (Å²) in [6, 6.07) is 45.7. The molecule has 7 aromatic carbocycles. The number of anilines is 3. The fraction of sp³-hybridized carbons (Fsp3) is 0.0769. The molecule has 0 fully saturated rings. The molecule has 1 aliphatic carbocycles. The van der Waals surface area contributed by atoms with Gasteiger partial charge < -0.3 is 4.90 Å². The molecule has 2 heteroatoms. The van der Waals surface area contributed by atoms with Crippen LogP contribution in [0, 0.1) is 5.82 Å². The first-order chi connectivity index (χ1) is 20.0. The van der Waals surface area contributed by atoms with Crippen LogP contribution in [0.2, 0.25) is 0 Å². The maximum absolute atomic E-state index is 15.2. The summed E-state index contributed by atoms with van der Waals surface area (Å²) < 4.78 is 15.2. The van der Waals surface area contributed by atoms with Crippen molar-refractivity contribution < 1.29 is 4.39 Å². The molecule has 8 rings (SSSR count). The van der Waals surface area contributed by atoms with Gasteiger partial charge in [-0.25, -0.2) is 4.39 Å². The van der Waals surface area contributed by atoms with Crippen LogP contribution < -0.4 is 4.90 Å². The van der Waals surface area contributed by atoms with E-state index in [4.69, 9.17) is 0 Å². The van der Waals surface area contributed by atoms with Crippen LogP contribution in [0.5, 0.6) is 0 Å². The Morgan fingerprint density at radius 3 is 1.90 bits per heavy atom. The third-order valence-corrected chi connectivity index (χ3v) is 8.82. The molecule has 0 unspecified atom stereocenters. The summed E-state index contributed by atoms with van der Waals surface area (Å²) >= 11 is 0. The summed E-state index contributed by atoms with van der Waals surface area (Å²) in [4.78, 5) is 2.00. The number of rotatable bonds is 3. The maximum Gasteiger partial charge on any atom is 0.147 e. The highest BCUT2D eigenvalue weighted by Gasteiger charge is 2.39. The third kappa shape index (κ3) is 3.40. The van der Waals surface area contributed by atoms with Gasteiger partial charge in [-0.05, 0) is 91.0 Å². The van der Waals surface area contributed by atoms with E-state index in [1.807, 2.05) is 47.4 Å². The number of halogens is 1. The third-order valence-electron chi connectivity index (χ3n) is 8.82. The standard InChI is InChI=1S/C39H28FN/c1-39(2)37-28-23-21-27(41(26-12-4-3-5-13-26)35-19-11-10-18-34(35)40)24-25(28)20-22-33(37)36-31-16-8-6-14-29(31)30-15-7-9-17-32(30)38(36)39/h3-24H,1-2H3. The van der Waals surface area contributed by atoms with E-state index >= 15 is 4.39 Å².